The number of aryl methyl sites for hydroxylation is 1. The van der Waals surface area contributed by atoms with Crippen molar-refractivity contribution in [3.05, 3.63) is 46.5 Å². The maximum Gasteiger partial charge on any atom is 0.250 e. The predicted molar refractivity (Wildman–Crippen MR) is 88.6 cm³/mol. The fourth-order valence-corrected chi connectivity index (χ4v) is 4.23. The third-order valence-corrected chi connectivity index (χ3v) is 5.56. The van der Waals surface area contributed by atoms with Gasteiger partial charge in [0, 0.05) is 30.8 Å². The average Bonchev–Trinajstić information content (AvgIpc) is 2.87. The Labute approximate surface area is 145 Å². The predicted octanol–water partition coefficient (Wildman–Crippen LogP) is 4.76. The van der Waals surface area contributed by atoms with Crippen LogP contribution in [0.2, 0.25) is 5.02 Å². The molecule has 4 rings (SSSR count). The van der Waals surface area contributed by atoms with E-state index in [4.69, 9.17) is 11.6 Å². The van der Waals surface area contributed by atoms with Crippen LogP contribution < -0.4 is 0 Å². The standard InChI is InChI=1S/C18H20ClF2N3/c19-14-8-6-13(7-9-14)17(11-18(20,21)12-17)16-23-22-15-5-3-1-2-4-10-24(15)16/h6-9H,1-5,10-12H2. The van der Waals surface area contributed by atoms with Gasteiger partial charge in [-0.25, -0.2) is 8.78 Å². The second kappa shape index (κ2) is 5.80. The molecule has 0 saturated heterocycles. The highest BCUT2D eigenvalue weighted by molar-refractivity contribution is 6.30. The number of fused-ring (bicyclic) bond motifs is 1. The highest BCUT2D eigenvalue weighted by Crippen LogP contribution is 2.56. The topological polar surface area (TPSA) is 30.7 Å². The summed E-state index contributed by atoms with van der Waals surface area (Å²) < 4.78 is 29.9. The Morgan fingerprint density at radius 2 is 1.67 bits per heavy atom. The molecule has 1 aliphatic heterocycles. The monoisotopic (exact) mass is 351 g/mol. The number of alkyl halides is 2. The third kappa shape index (κ3) is 2.63. The fourth-order valence-electron chi connectivity index (χ4n) is 4.11. The fraction of sp³-hybridized carbons (Fsp3) is 0.556. The number of benzene rings is 1. The van der Waals surface area contributed by atoms with Crippen LogP contribution in [0.3, 0.4) is 0 Å². The number of hydrogen-bond donors (Lipinski definition) is 0. The van der Waals surface area contributed by atoms with Crippen molar-refractivity contribution in [1.82, 2.24) is 14.8 Å². The van der Waals surface area contributed by atoms with Gasteiger partial charge in [-0.1, -0.05) is 36.6 Å². The minimum absolute atomic E-state index is 0.209. The van der Waals surface area contributed by atoms with Crippen molar-refractivity contribution in [1.29, 1.82) is 0 Å². The van der Waals surface area contributed by atoms with E-state index in [0.29, 0.717) is 10.8 Å². The summed E-state index contributed by atoms with van der Waals surface area (Å²) in [6.07, 6.45) is 4.96. The van der Waals surface area contributed by atoms with Crippen LogP contribution in [0, 0.1) is 0 Å². The maximum atomic E-state index is 13.9. The summed E-state index contributed by atoms with van der Waals surface area (Å²) >= 11 is 5.98. The van der Waals surface area contributed by atoms with Crippen LogP contribution in [0.5, 0.6) is 0 Å². The molecule has 0 spiro atoms. The lowest BCUT2D eigenvalue weighted by Gasteiger charge is -2.47. The number of hydrogen-bond acceptors (Lipinski definition) is 2. The minimum atomic E-state index is -2.65. The third-order valence-electron chi connectivity index (χ3n) is 5.31. The quantitative estimate of drug-likeness (QED) is 0.780. The van der Waals surface area contributed by atoms with Gasteiger partial charge in [0.05, 0.1) is 5.41 Å². The molecule has 3 nitrogen and oxygen atoms in total. The van der Waals surface area contributed by atoms with E-state index in [9.17, 15) is 8.78 Å². The zero-order chi connectivity index (χ0) is 16.8. The molecule has 0 amide bonds. The van der Waals surface area contributed by atoms with Crippen LogP contribution in [-0.4, -0.2) is 20.7 Å². The van der Waals surface area contributed by atoms with Crippen LogP contribution in [-0.2, 0) is 18.4 Å². The maximum absolute atomic E-state index is 13.9. The molecular weight excluding hydrogens is 332 g/mol. The molecule has 0 bridgehead atoms. The van der Waals surface area contributed by atoms with E-state index in [2.05, 4.69) is 14.8 Å². The van der Waals surface area contributed by atoms with Gasteiger partial charge in [0.25, 0.3) is 5.92 Å². The summed E-state index contributed by atoms with van der Waals surface area (Å²) in [5.74, 6) is -1.01. The number of aromatic nitrogens is 3. The van der Waals surface area contributed by atoms with Gasteiger partial charge >= 0.3 is 0 Å². The lowest BCUT2D eigenvalue weighted by molar-refractivity contribution is -0.117. The molecule has 0 radical (unpaired) electrons. The highest BCUT2D eigenvalue weighted by atomic mass is 35.5. The molecule has 2 aromatic rings. The van der Waals surface area contributed by atoms with Gasteiger partial charge in [0.1, 0.15) is 11.6 Å². The summed E-state index contributed by atoms with van der Waals surface area (Å²) in [6, 6.07) is 7.23. The van der Waals surface area contributed by atoms with E-state index in [1.54, 1.807) is 12.1 Å². The van der Waals surface area contributed by atoms with E-state index in [-0.39, 0.29) is 12.8 Å². The summed E-state index contributed by atoms with van der Waals surface area (Å²) in [7, 11) is 0. The molecule has 1 aromatic heterocycles. The lowest BCUT2D eigenvalue weighted by atomic mass is 9.61. The molecule has 1 fully saturated rings. The van der Waals surface area contributed by atoms with Gasteiger partial charge in [0.15, 0.2) is 0 Å². The molecule has 1 saturated carbocycles. The first-order chi connectivity index (χ1) is 11.5. The van der Waals surface area contributed by atoms with Gasteiger partial charge in [-0.3, -0.25) is 0 Å². The molecule has 1 aromatic carbocycles. The Morgan fingerprint density at radius 1 is 0.958 bits per heavy atom. The van der Waals surface area contributed by atoms with Crippen molar-refractivity contribution < 1.29 is 8.78 Å². The first-order valence-corrected chi connectivity index (χ1v) is 8.94. The normalized spacial score (nSPS) is 22.1. The van der Waals surface area contributed by atoms with Crippen molar-refractivity contribution >= 4 is 11.6 Å². The van der Waals surface area contributed by atoms with Crippen molar-refractivity contribution in [2.75, 3.05) is 0 Å². The molecule has 2 aliphatic rings. The largest absolute Gasteiger partial charge is 0.314 e. The summed E-state index contributed by atoms with van der Waals surface area (Å²) in [5, 5.41) is 9.33. The second-order valence-corrected chi connectivity index (χ2v) is 7.49. The van der Waals surface area contributed by atoms with E-state index in [1.165, 1.54) is 12.8 Å². The van der Waals surface area contributed by atoms with Crippen molar-refractivity contribution in [2.45, 2.75) is 62.8 Å². The Morgan fingerprint density at radius 3 is 2.38 bits per heavy atom. The van der Waals surface area contributed by atoms with Crippen LogP contribution >= 0.6 is 11.6 Å². The van der Waals surface area contributed by atoms with Crippen LogP contribution in [0.15, 0.2) is 24.3 Å². The van der Waals surface area contributed by atoms with Gasteiger partial charge < -0.3 is 4.57 Å². The zero-order valence-electron chi connectivity index (χ0n) is 13.4. The number of rotatable bonds is 2. The van der Waals surface area contributed by atoms with Gasteiger partial charge in [-0.15, -0.1) is 10.2 Å². The van der Waals surface area contributed by atoms with E-state index >= 15 is 0 Å². The molecule has 2 heterocycles. The van der Waals surface area contributed by atoms with Crippen molar-refractivity contribution in [3.63, 3.8) is 0 Å². The van der Waals surface area contributed by atoms with Crippen LogP contribution in [0.25, 0.3) is 0 Å². The molecule has 24 heavy (non-hydrogen) atoms. The van der Waals surface area contributed by atoms with E-state index < -0.39 is 11.3 Å². The SMILES string of the molecule is FC1(F)CC(c2ccc(Cl)cc2)(c2nnc3n2CCCCCC3)C1. The molecule has 0 unspecified atom stereocenters. The summed E-state index contributed by atoms with van der Waals surface area (Å²) in [6.45, 7) is 0.818. The first kappa shape index (κ1) is 16.0. The van der Waals surface area contributed by atoms with E-state index in [0.717, 1.165) is 37.2 Å². The molecular formula is C18H20ClF2N3. The Hall–Kier alpha value is -1.49. The van der Waals surface area contributed by atoms with Crippen LogP contribution in [0.1, 0.15) is 55.7 Å². The number of nitrogens with zero attached hydrogens (tertiary/aromatic N) is 3. The first-order valence-electron chi connectivity index (χ1n) is 8.57. The summed E-state index contributed by atoms with van der Waals surface area (Å²) in [4.78, 5) is 0. The second-order valence-electron chi connectivity index (χ2n) is 7.05. The Bertz CT molecular complexity index is 731. The smallest absolute Gasteiger partial charge is 0.250 e. The molecule has 128 valence electrons. The molecule has 0 atom stereocenters. The average molecular weight is 352 g/mol. The molecule has 6 heteroatoms. The highest BCUT2D eigenvalue weighted by Gasteiger charge is 2.60. The van der Waals surface area contributed by atoms with Crippen molar-refractivity contribution in [3.8, 4) is 0 Å². The Kier molecular flexibility index (Phi) is 3.87. The Balaban J connectivity index is 1.79. The van der Waals surface area contributed by atoms with Crippen molar-refractivity contribution in [2.24, 2.45) is 0 Å². The lowest BCUT2D eigenvalue weighted by Crippen LogP contribution is -2.51. The van der Waals surface area contributed by atoms with Gasteiger partial charge in [-0.05, 0) is 30.5 Å². The minimum Gasteiger partial charge on any atom is -0.314 e. The van der Waals surface area contributed by atoms with Crippen LogP contribution in [0.4, 0.5) is 8.78 Å². The van der Waals surface area contributed by atoms with E-state index in [1.807, 2.05) is 12.1 Å². The van der Waals surface area contributed by atoms with Gasteiger partial charge in [-0.2, -0.15) is 0 Å². The molecule has 0 N–H and O–H groups in total. The zero-order valence-corrected chi connectivity index (χ0v) is 14.2. The van der Waals surface area contributed by atoms with Gasteiger partial charge in [0.2, 0.25) is 0 Å². The summed E-state index contributed by atoms with van der Waals surface area (Å²) in [5.41, 5.74) is 0.105. The molecule has 1 aliphatic carbocycles. The number of halogens is 3.